The van der Waals surface area contributed by atoms with Crippen molar-refractivity contribution in [3.05, 3.63) is 29.8 Å². The van der Waals surface area contributed by atoms with Crippen LogP contribution in [0, 0.1) is 10.8 Å². The first-order valence-electron chi connectivity index (χ1n) is 36.1. The molecule has 37 nitrogen and oxygen atoms in total. The second-order valence-electron chi connectivity index (χ2n) is 24.8. The standard InChI is InChI=1S/C70H103N11O26S4/c1-47(82)69(48(2)83,49(3)84)68(98)107-38-37-105-36-35-104-32-29-101-26-21-77-59(89)16-40-109-54-42-64(94)81(67(54)97)23-19-76-61(91)44-79(65(95)46-106-45-62(92)78-52-11-8-51(9-12-52)10-13-58(88)74-17-14-57(87)72-5)43-60(90)75-18-22-80-63(93)41-53(66(80)96)108-39-6-7-56(71)73-20-25-100-28-31-103-34-33-102-30-27-99-24-15-55(86)70(50(4)85)110-111-70/h8-9,11-12,53-54H,6-7,10,13-46H2,1-5H3,(H2,71,73)(H,72,87)(H,74,88)(H,75,90)(H,76,91)(H,77,89)(H,78,92). The first-order chi connectivity index (χ1) is 53.2. The number of ether oxygens (including phenoxy) is 9. The van der Waals surface area contributed by atoms with Crippen LogP contribution < -0.4 is 37.2 Å². The predicted molar refractivity (Wildman–Crippen MR) is 406 cm³/mol. The van der Waals surface area contributed by atoms with E-state index >= 15 is 0 Å². The number of aryl methyl sites for hydroxylation is 1. The van der Waals surface area contributed by atoms with Gasteiger partial charge in [-0.1, -0.05) is 33.7 Å². The van der Waals surface area contributed by atoms with E-state index in [1.165, 1.54) is 47.3 Å². The molecule has 111 heavy (non-hydrogen) atoms. The first kappa shape index (κ1) is 95.5. The molecule has 0 bridgehead atoms. The molecule has 2 atom stereocenters. The molecule has 2 unspecified atom stereocenters. The van der Waals surface area contributed by atoms with Gasteiger partial charge in [0.25, 0.3) is 0 Å². The molecule has 3 aliphatic rings. The van der Waals surface area contributed by atoms with E-state index in [9.17, 15) is 81.5 Å². The second-order valence-corrected chi connectivity index (χ2v) is 30.3. The maximum absolute atomic E-state index is 13.6. The third kappa shape index (κ3) is 35.8. The number of hydrogen-bond donors (Lipinski definition) is 8. The summed E-state index contributed by atoms with van der Waals surface area (Å²) in [7, 11) is 4.05. The number of thioether (sulfide) groups is 2. The number of benzene rings is 1. The second kappa shape index (κ2) is 53.2. The summed E-state index contributed by atoms with van der Waals surface area (Å²) in [5.74, 6) is -9.25. The van der Waals surface area contributed by atoms with Crippen molar-refractivity contribution in [3.8, 4) is 0 Å². The van der Waals surface area contributed by atoms with Gasteiger partial charge in [-0.2, -0.15) is 0 Å². The molecule has 0 radical (unpaired) electrons. The molecular weight excluding hydrogens is 1540 g/mol. The average molecular weight is 1640 g/mol. The summed E-state index contributed by atoms with van der Waals surface area (Å²) >= 11 is 2.39. The topological polar surface area (TPSA) is 491 Å². The van der Waals surface area contributed by atoms with E-state index in [0.717, 1.165) is 52.8 Å². The number of Topliss-reactive ketones (excluding diaryl/α,β-unsaturated/α-hetero) is 5. The Morgan fingerprint density at radius 2 is 0.964 bits per heavy atom. The van der Waals surface area contributed by atoms with Crippen molar-refractivity contribution in [1.82, 2.24) is 46.6 Å². The number of esters is 1. The molecule has 618 valence electrons. The van der Waals surface area contributed by atoms with Crippen LogP contribution >= 0.6 is 45.1 Å². The van der Waals surface area contributed by atoms with E-state index in [0.29, 0.717) is 83.5 Å². The molecular formula is C70H103N11O26S4. The van der Waals surface area contributed by atoms with Crippen molar-refractivity contribution in [2.24, 2.45) is 5.41 Å². The van der Waals surface area contributed by atoms with Gasteiger partial charge in [-0.05, 0) is 64.0 Å². The quantitative estimate of drug-likeness (QED) is 0.00538. The highest BCUT2D eigenvalue weighted by Gasteiger charge is 2.57. The van der Waals surface area contributed by atoms with Gasteiger partial charge in [0, 0.05) is 109 Å². The Bertz CT molecular complexity index is 3320. The summed E-state index contributed by atoms with van der Waals surface area (Å²) in [4.78, 5) is 217. The lowest BCUT2D eigenvalue weighted by Crippen LogP contribution is -2.51. The lowest BCUT2D eigenvalue weighted by molar-refractivity contribution is -0.167. The number of ketones is 5. The van der Waals surface area contributed by atoms with E-state index in [1.807, 2.05) is 0 Å². The monoisotopic (exact) mass is 1640 g/mol. The Hall–Kier alpha value is -7.84. The van der Waals surface area contributed by atoms with E-state index in [1.54, 1.807) is 24.3 Å². The Morgan fingerprint density at radius 3 is 1.46 bits per heavy atom. The molecule has 4 rings (SSSR count). The van der Waals surface area contributed by atoms with Crippen LogP contribution in [0.2, 0.25) is 0 Å². The molecule has 8 N–H and O–H groups in total. The van der Waals surface area contributed by atoms with E-state index in [2.05, 4.69) is 37.2 Å². The van der Waals surface area contributed by atoms with Gasteiger partial charge < -0.3 is 84.7 Å². The highest BCUT2D eigenvalue weighted by atomic mass is 33.2. The number of nitrogens with zero attached hydrogens (tertiary/aromatic N) is 3. The van der Waals surface area contributed by atoms with Gasteiger partial charge >= 0.3 is 5.97 Å². The van der Waals surface area contributed by atoms with E-state index in [-0.39, 0.29) is 172 Å². The van der Waals surface area contributed by atoms with Gasteiger partial charge in [0.15, 0.2) is 33.0 Å². The van der Waals surface area contributed by atoms with Crippen molar-refractivity contribution in [2.75, 3.05) is 195 Å². The number of anilines is 1. The van der Waals surface area contributed by atoms with Crippen LogP contribution in [0.25, 0.3) is 0 Å². The van der Waals surface area contributed by atoms with Crippen LogP contribution in [0.15, 0.2) is 24.3 Å². The molecule has 11 amide bonds. The maximum atomic E-state index is 13.6. The van der Waals surface area contributed by atoms with Crippen LogP contribution in [0.1, 0.15) is 84.6 Å². The molecule has 1 aromatic rings. The molecule has 3 heterocycles. The SMILES string of the molecule is CNC(=O)CCNC(=O)CCc1ccc(NC(=O)COCC(=O)N(CC(=O)NCCN2C(=O)CC(SCCCC(=N)NCCOCCOCCOCCOCCC(=O)C3(C(C)=O)SS3)C2=O)CC(=O)NCCN2C(=O)CC(SCCC(=O)NCCOCCOCCOCCOC(=O)C(C(C)=O)(C(C)=O)C(C)=O)C2=O)cc1. The van der Waals surface area contributed by atoms with Crippen LogP contribution in [-0.2, 0) is 131 Å². The van der Waals surface area contributed by atoms with Crippen molar-refractivity contribution in [2.45, 2.75) is 100 Å². The van der Waals surface area contributed by atoms with Crippen molar-refractivity contribution < 1.29 is 124 Å². The minimum Gasteiger partial charge on any atom is -0.462 e. The largest absolute Gasteiger partial charge is 0.462 e. The van der Waals surface area contributed by atoms with Gasteiger partial charge in [0.05, 0.1) is 109 Å². The van der Waals surface area contributed by atoms with E-state index < -0.39 is 117 Å². The number of hydrogen-bond acceptors (Lipinski definition) is 31. The molecule has 0 saturated carbocycles. The van der Waals surface area contributed by atoms with Crippen LogP contribution in [0.4, 0.5) is 5.69 Å². The molecule has 41 heteroatoms. The van der Waals surface area contributed by atoms with Gasteiger partial charge in [-0.25, -0.2) is 4.79 Å². The summed E-state index contributed by atoms with van der Waals surface area (Å²) < 4.78 is 47.5. The van der Waals surface area contributed by atoms with Gasteiger partial charge in [-0.15, -0.1) is 23.5 Å². The fourth-order valence-corrected chi connectivity index (χ4v) is 14.9. The van der Waals surface area contributed by atoms with Gasteiger partial charge in [0.1, 0.15) is 32.9 Å². The summed E-state index contributed by atoms with van der Waals surface area (Å²) in [5.41, 5.74) is -1.33. The zero-order valence-corrected chi connectivity index (χ0v) is 66.5. The number of amidine groups is 1. The molecule has 3 saturated heterocycles. The Morgan fingerprint density at radius 1 is 0.505 bits per heavy atom. The van der Waals surface area contributed by atoms with Gasteiger partial charge in [-0.3, -0.25) is 91.9 Å². The average Bonchev–Trinajstić information content (AvgIpc) is 1.70. The summed E-state index contributed by atoms with van der Waals surface area (Å²) in [6, 6.07) is 6.61. The zero-order valence-electron chi connectivity index (χ0n) is 63.2. The number of carbonyl (C=O) groups excluding carboxylic acids is 17. The number of carbonyl (C=O) groups is 17. The Kier molecular flexibility index (Phi) is 45.8. The number of nitrogens with one attached hydrogen (secondary N) is 8. The minimum atomic E-state index is -2.50. The Balaban J connectivity index is 1.12. The summed E-state index contributed by atoms with van der Waals surface area (Å²) in [5, 5.41) is 25.3. The molecule has 1 aromatic carbocycles. The highest BCUT2D eigenvalue weighted by molar-refractivity contribution is 8.94. The smallest absolute Gasteiger partial charge is 0.335 e. The maximum Gasteiger partial charge on any atom is 0.335 e. The highest BCUT2D eigenvalue weighted by Crippen LogP contribution is 2.66. The van der Waals surface area contributed by atoms with Crippen LogP contribution in [0.5, 0.6) is 0 Å². The lowest BCUT2D eigenvalue weighted by Gasteiger charge is -2.23. The third-order valence-electron chi connectivity index (χ3n) is 16.5. The summed E-state index contributed by atoms with van der Waals surface area (Å²) in [6.45, 7) is 4.27. The summed E-state index contributed by atoms with van der Waals surface area (Å²) in [6.07, 6.45) is 1.57. The van der Waals surface area contributed by atoms with E-state index in [4.69, 9.17) is 48.0 Å². The fourth-order valence-electron chi connectivity index (χ4n) is 10.4. The zero-order chi connectivity index (χ0) is 81.6. The lowest BCUT2D eigenvalue weighted by atomic mass is 9.77. The molecule has 0 aliphatic carbocycles. The number of rotatable bonds is 63. The fraction of sp³-hybridized carbons (Fsp3) is 0.657. The normalized spacial score (nSPS) is 15.0. The van der Waals surface area contributed by atoms with Crippen LogP contribution in [-0.4, -0.2) is 325 Å². The van der Waals surface area contributed by atoms with Crippen molar-refractivity contribution >= 4 is 156 Å². The molecule has 0 aromatic heterocycles. The van der Waals surface area contributed by atoms with Crippen LogP contribution in [0.3, 0.4) is 0 Å². The minimum absolute atomic E-state index is 0.0202. The number of imide groups is 2. The van der Waals surface area contributed by atoms with Crippen molar-refractivity contribution in [3.63, 3.8) is 0 Å². The third-order valence-corrected chi connectivity index (χ3v) is 22.0. The Labute approximate surface area is 659 Å². The predicted octanol–water partition coefficient (Wildman–Crippen LogP) is -1.49. The number of likely N-dealkylation sites (tertiary alicyclic amines) is 2. The van der Waals surface area contributed by atoms with Crippen molar-refractivity contribution in [1.29, 1.82) is 5.41 Å². The number of amides is 11. The van der Waals surface area contributed by atoms with Gasteiger partial charge in [0.2, 0.25) is 70.4 Å². The molecule has 0 spiro atoms. The molecule has 3 aliphatic heterocycles. The first-order valence-corrected chi connectivity index (χ1v) is 40.3. The molecule has 3 fully saturated rings.